The minimum atomic E-state index is -5.73. The van der Waals surface area contributed by atoms with Gasteiger partial charge in [0.15, 0.2) is 11.6 Å². The molecule has 0 aromatic heterocycles. The van der Waals surface area contributed by atoms with E-state index >= 15 is 4.39 Å². The summed E-state index contributed by atoms with van der Waals surface area (Å²) in [5, 5.41) is 13.9. The van der Waals surface area contributed by atoms with Crippen LogP contribution in [0.3, 0.4) is 0 Å². The number of hydrogen-bond donors (Lipinski definition) is 3. The van der Waals surface area contributed by atoms with Crippen molar-refractivity contribution < 1.29 is 59.3 Å². The first-order chi connectivity index (χ1) is 20.9. The maximum atomic E-state index is 16.1. The number of benzene rings is 2. The molecular formula is C29H31F5N2O8S. The van der Waals surface area contributed by atoms with Gasteiger partial charge in [0, 0.05) is 11.8 Å². The fraction of sp³-hybridized carbons (Fsp3) is 0.483. The summed E-state index contributed by atoms with van der Waals surface area (Å²) in [4.78, 5) is 36.7. The third kappa shape index (κ3) is 6.84. The van der Waals surface area contributed by atoms with E-state index in [1.807, 2.05) is 0 Å². The van der Waals surface area contributed by atoms with Crippen molar-refractivity contribution in [2.75, 3.05) is 12.4 Å². The molecule has 2 aromatic rings. The Hall–Kier alpha value is -3.95. The molecule has 2 aliphatic rings. The average Bonchev–Trinajstić information content (AvgIpc) is 3.35. The Kier molecular flexibility index (Phi) is 9.39. The number of sulfone groups is 1. The molecule has 0 radical (unpaired) electrons. The summed E-state index contributed by atoms with van der Waals surface area (Å²) >= 11 is 0. The lowest BCUT2D eigenvalue weighted by Crippen LogP contribution is -2.53. The predicted molar refractivity (Wildman–Crippen MR) is 149 cm³/mol. The van der Waals surface area contributed by atoms with Crippen LogP contribution in [0.2, 0.25) is 0 Å². The van der Waals surface area contributed by atoms with Crippen LogP contribution in [0, 0.1) is 11.2 Å². The van der Waals surface area contributed by atoms with E-state index in [0.717, 1.165) is 24.3 Å². The lowest BCUT2D eigenvalue weighted by Gasteiger charge is -2.34. The van der Waals surface area contributed by atoms with Gasteiger partial charge in [0.25, 0.3) is 21.7 Å². The third-order valence-electron chi connectivity index (χ3n) is 8.32. The quantitative estimate of drug-likeness (QED) is 0.312. The molecule has 2 fully saturated rings. The normalized spacial score (nSPS) is 25.3. The van der Waals surface area contributed by atoms with E-state index < -0.39 is 72.8 Å². The Labute approximate surface area is 255 Å². The molecule has 0 unspecified atom stereocenters. The zero-order valence-electron chi connectivity index (χ0n) is 24.2. The number of carbonyl (C=O) groups excluding carboxylic acids is 2. The second-order valence-corrected chi connectivity index (χ2v) is 13.3. The van der Waals surface area contributed by atoms with E-state index in [1.165, 1.54) is 7.11 Å². The van der Waals surface area contributed by atoms with E-state index in [2.05, 4.69) is 10.6 Å². The zero-order valence-corrected chi connectivity index (χ0v) is 25.0. The number of carbonyl (C=O) groups is 3. The van der Waals surface area contributed by atoms with Crippen LogP contribution in [0.4, 0.5) is 27.6 Å². The fourth-order valence-electron chi connectivity index (χ4n) is 5.48. The summed E-state index contributed by atoms with van der Waals surface area (Å²) in [6.07, 6.45) is 0.476. The number of amides is 2. The standard InChI is InChI=1S/C29H31F5N2O8S/c1-27(26(39)40)11-8-17(9-12-27)44-22-14-19(21(43-2)15-20(22)30)24(37)36-23-7-4-10-28(23,31)25(38)35-16-5-3-6-18(13-16)45(41,42)29(32,33)34/h3,5-6,13-15,17,23H,4,7-12H2,1-2H3,(H,35,38)(H,36,37)(H,39,40)/t17-,23-,27+,28-/m1/s1. The lowest BCUT2D eigenvalue weighted by molar-refractivity contribution is -0.150. The van der Waals surface area contributed by atoms with Crippen LogP contribution in [-0.2, 0) is 19.4 Å². The highest BCUT2D eigenvalue weighted by Gasteiger charge is 2.51. The van der Waals surface area contributed by atoms with Gasteiger partial charge < -0.3 is 25.2 Å². The molecule has 2 saturated carbocycles. The molecule has 246 valence electrons. The highest BCUT2D eigenvalue weighted by Crippen LogP contribution is 2.40. The minimum Gasteiger partial charge on any atom is -0.496 e. The van der Waals surface area contributed by atoms with Gasteiger partial charge >= 0.3 is 11.5 Å². The number of methoxy groups -OCH3 is 1. The van der Waals surface area contributed by atoms with E-state index in [9.17, 15) is 45.5 Å². The van der Waals surface area contributed by atoms with Crippen LogP contribution in [0.25, 0.3) is 0 Å². The SMILES string of the molecule is COc1cc(F)c(O[C@H]2CC[C@@](C)(C(=O)O)CC2)cc1C(=O)N[C@@H]1CCC[C@]1(F)C(=O)Nc1cccc(S(=O)(=O)C(F)(F)F)c1. The van der Waals surface area contributed by atoms with E-state index in [4.69, 9.17) is 9.47 Å². The number of halogens is 5. The van der Waals surface area contributed by atoms with Crippen molar-refractivity contribution >= 4 is 33.3 Å². The number of rotatable bonds is 9. The van der Waals surface area contributed by atoms with E-state index in [0.29, 0.717) is 37.8 Å². The van der Waals surface area contributed by atoms with Gasteiger partial charge in [-0.15, -0.1) is 0 Å². The lowest BCUT2D eigenvalue weighted by atomic mass is 9.75. The Bertz CT molecular complexity index is 1590. The van der Waals surface area contributed by atoms with Gasteiger partial charge in [0.05, 0.1) is 35.1 Å². The topological polar surface area (TPSA) is 148 Å². The molecule has 0 bridgehead atoms. The van der Waals surface area contributed by atoms with Crippen molar-refractivity contribution in [1.82, 2.24) is 5.32 Å². The Morgan fingerprint density at radius 1 is 1.02 bits per heavy atom. The first-order valence-electron chi connectivity index (χ1n) is 13.9. The van der Waals surface area contributed by atoms with Gasteiger partial charge in [0.1, 0.15) is 5.75 Å². The summed E-state index contributed by atoms with van der Waals surface area (Å²) < 4.78 is 104. The molecule has 16 heteroatoms. The first kappa shape index (κ1) is 33.9. The molecule has 2 atom stereocenters. The van der Waals surface area contributed by atoms with Crippen LogP contribution in [0.5, 0.6) is 11.5 Å². The molecule has 2 amide bonds. The van der Waals surface area contributed by atoms with Gasteiger partial charge in [-0.1, -0.05) is 6.07 Å². The Morgan fingerprint density at radius 2 is 1.69 bits per heavy atom. The number of carboxylic acid groups (broad SMARTS) is 1. The largest absolute Gasteiger partial charge is 0.501 e. The van der Waals surface area contributed by atoms with E-state index in [1.54, 1.807) is 6.92 Å². The number of ether oxygens (including phenoxy) is 2. The highest BCUT2D eigenvalue weighted by molar-refractivity contribution is 7.92. The fourth-order valence-corrected chi connectivity index (χ4v) is 6.29. The average molecular weight is 663 g/mol. The molecule has 0 saturated heterocycles. The monoisotopic (exact) mass is 662 g/mol. The van der Waals surface area contributed by atoms with E-state index in [-0.39, 0.29) is 36.3 Å². The van der Waals surface area contributed by atoms with Crippen molar-refractivity contribution in [3.05, 3.63) is 47.8 Å². The third-order valence-corrected chi connectivity index (χ3v) is 9.80. The van der Waals surface area contributed by atoms with Crippen molar-refractivity contribution in [2.45, 2.75) is 80.1 Å². The van der Waals surface area contributed by atoms with Crippen molar-refractivity contribution in [3.63, 3.8) is 0 Å². The molecule has 0 aliphatic heterocycles. The van der Waals surface area contributed by atoms with Crippen molar-refractivity contribution in [1.29, 1.82) is 0 Å². The Balaban J connectivity index is 1.50. The van der Waals surface area contributed by atoms with Crippen molar-refractivity contribution in [2.24, 2.45) is 5.41 Å². The van der Waals surface area contributed by atoms with Gasteiger partial charge in [-0.2, -0.15) is 13.2 Å². The molecule has 2 aromatic carbocycles. The van der Waals surface area contributed by atoms with Gasteiger partial charge in [-0.25, -0.2) is 17.2 Å². The summed E-state index contributed by atoms with van der Waals surface area (Å²) in [6, 6.07) is 3.81. The molecule has 3 N–H and O–H groups in total. The minimum absolute atomic E-state index is 0.00452. The number of anilines is 1. The second kappa shape index (κ2) is 12.4. The maximum absolute atomic E-state index is 16.1. The molecule has 2 aliphatic carbocycles. The van der Waals surface area contributed by atoms with Crippen molar-refractivity contribution in [3.8, 4) is 11.5 Å². The zero-order chi connectivity index (χ0) is 33.4. The molecule has 0 spiro atoms. The summed E-state index contributed by atoms with van der Waals surface area (Å²) in [5.41, 5.74) is -9.91. The van der Waals surface area contributed by atoms with Crippen LogP contribution >= 0.6 is 0 Å². The maximum Gasteiger partial charge on any atom is 0.501 e. The molecular weight excluding hydrogens is 631 g/mol. The molecule has 45 heavy (non-hydrogen) atoms. The van der Waals surface area contributed by atoms with Gasteiger partial charge in [-0.05, 0) is 76.1 Å². The number of nitrogens with one attached hydrogen (secondary N) is 2. The van der Waals surface area contributed by atoms with Gasteiger partial charge in [0.2, 0.25) is 5.67 Å². The van der Waals surface area contributed by atoms with Crippen LogP contribution in [-0.4, -0.2) is 61.7 Å². The first-order valence-corrected chi connectivity index (χ1v) is 15.4. The number of aliphatic carboxylic acids is 1. The smallest absolute Gasteiger partial charge is 0.496 e. The van der Waals surface area contributed by atoms with Crippen LogP contribution in [0.1, 0.15) is 62.2 Å². The number of alkyl halides is 4. The summed E-state index contributed by atoms with van der Waals surface area (Å²) in [7, 11) is -4.56. The highest BCUT2D eigenvalue weighted by atomic mass is 32.2. The van der Waals surface area contributed by atoms with Crippen LogP contribution < -0.4 is 20.1 Å². The van der Waals surface area contributed by atoms with Gasteiger partial charge in [-0.3, -0.25) is 14.4 Å². The second-order valence-electron chi connectivity index (χ2n) is 11.4. The Morgan fingerprint density at radius 3 is 2.29 bits per heavy atom. The van der Waals surface area contributed by atoms with Crippen LogP contribution in [0.15, 0.2) is 41.3 Å². The number of hydrogen-bond acceptors (Lipinski definition) is 7. The number of carboxylic acids is 1. The molecule has 10 nitrogen and oxygen atoms in total. The molecule has 4 rings (SSSR count). The summed E-state index contributed by atoms with van der Waals surface area (Å²) in [5.74, 6) is -4.57. The molecule has 0 heterocycles. The summed E-state index contributed by atoms with van der Waals surface area (Å²) in [6.45, 7) is 1.62. The predicted octanol–water partition coefficient (Wildman–Crippen LogP) is 5.17.